The third-order valence-electron chi connectivity index (χ3n) is 4.28. The van der Waals surface area contributed by atoms with Crippen LogP contribution >= 0.6 is 0 Å². The number of sulfonamides is 1. The van der Waals surface area contributed by atoms with Gasteiger partial charge in [0.2, 0.25) is 10.0 Å². The average molecular weight is 363 g/mol. The minimum Gasteiger partial charge on any atom is -0.369 e. The van der Waals surface area contributed by atoms with Crippen LogP contribution in [0.1, 0.15) is 5.56 Å². The maximum atomic E-state index is 12.9. The first-order chi connectivity index (χ1) is 11.9. The Morgan fingerprint density at radius 1 is 0.960 bits per heavy atom. The van der Waals surface area contributed by atoms with Gasteiger partial charge in [0, 0.05) is 37.6 Å². The smallest absolute Gasteiger partial charge is 0.236 e. The van der Waals surface area contributed by atoms with E-state index in [0.29, 0.717) is 11.3 Å². The number of nitrogens with zero attached hydrogens (tertiary/aromatic N) is 2. The Hall–Kier alpha value is -2.12. The second-order valence-electron chi connectivity index (χ2n) is 6.32. The molecule has 0 spiro atoms. The van der Waals surface area contributed by atoms with Gasteiger partial charge in [0.15, 0.2) is 0 Å². The highest BCUT2D eigenvalue weighted by Gasteiger charge is 2.15. The van der Waals surface area contributed by atoms with Crippen molar-refractivity contribution >= 4 is 21.4 Å². The summed E-state index contributed by atoms with van der Waals surface area (Å²) < 4.78 is 40.0. The lowest BCUT2D eigenvalue weighted by molar-refractivity contribution is 0.313. The normalized spacial score (nSPS) is 16.0. The summed E-state index contributed by atoms with van der Waals surface area (Å²) in [4.78, 5) is 4.57. The van der Waals surface area contributed by atoms with Gasteiger partial charge in [-0.1, -0.05) is 12.1 Å². The minimum atomic E-state index is -3.54. The molecule has 1 saturated heterocycles. The molecule has 2 aromatic carbocycles. The van der Waals surface area contributed by atoms with Crippen LogP contribution in [0.2, 0.25) is 0 Å². The summed E-state index contributed by atoms with van der Waals surface area (Å²) in [5, 5.41) is 0. The molecule has 2 aromatic rings. The lowest BCUT2D eigenvalue weighted by Crippen LogP contribution is -2.44. The first-order valence-corrected chi connectivity index (χ1v) is 9.85. The average Bonchev–Trinajstić information content (AvgIpc) is 2.58. The molecule has 1 fully saturated rings. The Balaban J connectivity index is 1.63. The molecule has 1 N–H and O–H groups in total. The largest absolute Gasteiger partial charge is 0.369 e. The Morgan fingerprint density at radius 3 is 2.16 bits per heavy atom. The number of benzene rings is 2. The molecule has 0 bridgehead atoms. The standard InChI is InChI=1S/C18H22FN3O2S/c1-21-10-12-22(13-11-21)18-8-6-17(7-9-18)20-25(23,24)14-15-2-4-16(19)5-3-15/h2-9,20H,10-14H2,1H3. The number of nitrogens with one attached hydrogen (secondary N) is 1. The van der Waals surface area contributed by atoms with Crippen molar-refractivity contribution in [2.45, 2.75) is 5.75 Å². The lowest BCUT2D eigenvalue weighted by Gasteiger charge is -2.34. The van der Waals surface area contributed by atoms with Gasteiger partial charge in [-0.2, -0.15) is 0 Å². The van der Waals surface area contributed by atoms with E-state index in [1.165, 1.54) is 24.3 Å². The van der Waals surface area contributed by atoms with Gasteiger partial charge >= 0.3 is 0 Å². The van der Waals surface area contributed by atoms with Crippen LogP contribution in [0, 0.1) is 5.82 Å². The highest BCUT2D eigenvalue weighted by atomic mass is 32.2. The van der Waals surface area contributed by atoms with Crippen LogP contribution in [-0.4, -0.2) is 46.5 Å². The number of piperazine rings is 1. The molecule has 0 aromatic heterocycles. The molecule has 0 radical (unpaired) electrons. The van der Waals surface area contributed by atoms with Crippen LogP contribution in [0.15, 0.2) is 48.5 Å². The summed E-state index contributed by atoms with van der Waals surface area (Å²) in [6, 6.07) is 12.9. The summed E-state index contributed by atoms with van der Waals surface area (Å²) in [5.41, 5.74) is 2.16. The van der Waals surface area contributed by atoms with Crippen LogP contribution in [0.3, 0.4) is 0 Å². The monoisotopic (exact) mass is 363 g/mol. The van der Waals surface area contributed by atoms with Gasteiger partial charge in [0.05, 0.1) is 5.75 Å². The van der Waals surface area contributed by atoms with Crippen LogP contribution in [0.4, 0.5) is 15.8 Å². The van der Waals surface area contributed by atoms with Gasteiger partial charge in [0.25, 0.3) is 0 Å². The van der Waals surface area contributed by atoms with Gasteiger partial charge in [-0.3, -0.25) is 4.72 Å². The molecular formula is C18H22FN3O2S. The highest BCUT2D eigenvalue weighted by Crippen LogP contribution is 2.20. The molecule has 0 atom stereocenters. The van der Waals surface area contributed by atoms with E-state index in [9.17, 15) is 12.8 Å². The van der Waals surface area contributed by atoms with Crippen molar-refractivity contribution in [3.05, 3.63) is 59.9 Å². The van der Waals surface area contributed by atoms with Crippen molar-refractivity contribution in [3.8, 4) is 0 Å². The van der Waals surface area contributed by atoms with Crippen LogP contribution in [0.25, 0.3) is 0 Å². The molecule has 0 amide bonds. The van der Waals surface area contributed by atoms with Crippen molar-refractivity contribution in [3.63, 3.8) is 0 Å². The molecule has 0 saturated carbocycles. The van der Waals surface area contributed by atoms with Crippen LogP contribution in [-0.2, 0) is 15.8 Å². The number of hydrogen-bond donors (Lipinski definition) is 1. The molecule has 1 aliphatic heterocycles. The second kappa shape index (κ2) is 7.41. The molecule has 134 valence electrons. The fraction of sp³-hybridized carbons (Fsp3) is 0.333. The van der Waals surface area contributed by atoms with E-state index in [2.05, 4.69) is 21.6 Å². The molecule has 3 rings (SSSR count). The van der Waals surface area contributed by atoms with Gasteiger partial charge in [0.1, 0.15) is 5.82 Å². The maximum Gasteiger partial charge on any atom is 0.236 e. The van der Waals surface area contributed by atoms with E-state index in [0.717, 1.165) is 31.9 Å². The SMILES string of the molecule is CN1CCN(c2ccc(NS(=O)(=O)Cc3ccc(F)cc3)cc2)CC1. The Labute approximate surface area is 148 Å². The zero-order valence-corrected chi connectivity index (χ0v) is 15.0. The van der Waals surface area contributed by atoms with Crippen molar-refractivity contribution < 1.29 is 12.8 Å². The summed E-state index contributed by atoms with van der Waals surface area (Å²) in [5.74, 6) is -0.568. The first kappa shape index (κ1) is 17.7. The summed E-state index contributed by atoms with van der Waals surface area (Å²) >= 11 is 0. The Kier molecular flexibility index (Phi) is 5.24. The Morgan fingerprint density at radius 2 is 1.56 bits per heavy atom. The van der Waals surface area contributed by atoms with E-state index in [-0.39, 0.29) is 11.6 Å². The van der Waals surface area contributed by atoms with E-state index < -0.39 is 10.0 Å². The molecule has 25 heavy (non-hydrogen) atoms. The van der Waals surface area contributed by atoms with Gasteiger partial charge in [-0.15, -0.1) is 0 Å². The first-order valence-electron chi connectivity index (χ1n) is 8.20. The maximum absolute atomic E-state index is 12.9. The van der Waals surface area contributed by atoms with Crippen molar-refractivity contribution in [2.75, 3.05) is 42.8 Å². The van der Waals surface area contributed by atoms with E-state index >= 15 is 0 Å². The van der Waals surface area contributed by atoms with E-state index in [4.69, 9.17) is 0 Å². The molecular weight excluding hydrogens is 341 g/mol. The van der Waals surface area contributed by atoms with Crippen molar-refractivity contribution in [1.82, 2.24) is 4.90 Å². The van der Waals surface area contributed by atoms with E-state index in [1.807, 2.05) is 12.1 Å². The number of anilines is 2. The van der Waals surface area contributed by atoms with Gasteiger partial charge in [-0.25, -0.2) is 12.8 Å². The Bertz CT molecular complexity index is 799. The minimum absolute atomic E-state index is 0.187. The zero-order valence-electron chi connectivity index (χ0n) is 14.2. The predicted molar refractivity (Wildman–Crippen MR) is 98.8 cm³/mol. The third-order valence-corrected chi connectivity index (χ3v) is 5.54. The third kappa shape index (κ3) is 4.93. The molecule has 0 unspecified atom stereocenters. The molecule has 7 heteroatoms. The van der Waals surface area contributed by atoms with E-state index in [1.54, 1.807) is 12.1 Å². The van der Waals surface area contributed by atoms with Gasteiger partial charge < -0.3 is 9.80 Å². The van der Waals surface area contributed by atoms with Gasteiger partial charge in [-0.05, 0) is 49.0 Å². The fourth-order valence-electron chi connectivity index (χ4n) is 2.82. The van der Waals surface area contributed by atoms with Crippen LogP contribution < -0.4 is 9.62 Å². The molecule has 1 aliphatic rings. The van der Waals surface area contributed by atoms with Crippen molar-refractivity contribution in [1.29, 1.82) is 0 Å². The zero-order chi connectivity index (χ0) is 17.9. The highest BCUT2D eigenvalue weighted by molar-refractivity contribution is 7.91. The molecule has 5 nitrogen and oxygen atoms in total. The number of likely N-dealkylation sites (N-methyl/N-ethyl adjacent to an activating group) is 1. The summed E-state index contributed by atoms with van der Waals surface area (Å²) in [7, 11) is -1.43. The van der Waals surface area contributed by atoms with Crippen LogP contribution in [0.5, 0.6) is 0 Å². The quantitative estimate of drug-likeness (QED) is 0.887. The molecule has 1 heterocycles. The second-order valence-corrected chi connectivity index (χ2v) is 8.05. The number of rotatable bonds is 5. The molecule has 0 aliphatic carbocycles. The number of hydrogen-bond acceptors (Lipinski definition) is 4. The summed E-state index contributed by atoms with van der Waals surface area (Å²) in [6.07, 6.45) is 0. The predicted octanol–water partition coefficient (Wildman–Crippen LogP) is 2.52. The fourth-order valence-corrected chi connectivity index (χ4v) is 4.02. The van der Waals surface area contributed by atoms with Crippen molar-refractivity contribution in [2.24, 2.45) is 0 Å². The topological polar surface area (TPSA) is 52.6 Å². The lowest BCUT2D eigenvalue weighted by atomic mass is 10.2. The number of halogens is 1. The summed E-state index contributed by atoms with van der Waals surface area (Å²) in [6.45, 7) is 3.97.